The van der Waals surface area contributed by atoms with E-state index in [1.54, 1.807) is 6.33 Å². The number of carbonyl (C=O) groups is 1. The van der Waals surface area contributed by atoms with E-state index in [1.165, 1.54) is 5.56 Å². The van der Waals surface area contributed by atoms with E-state index in [1.807, 2.05) is 67.2 Å². The van der Waals surface area contributed by atoms with Crippen LogP contribution < -0.4 is 9.64 Å². The van der Waals surface area contributed by atoms with Crippen LogP contribution in [0.3, 0.4) is 0 Å². The van der Waals surface area contributed by atoms with Crippen molar-refractivity contribution in [3.8, 4) is 5.75 Å². The normalized spacial score (nSPS) is 14.5. The van der Waals surface area contributed by atoms with Gasteiger partial charge in [-0.1, -0.05) is 42.0 Å². The third kappa shape index (κ3) is 4.51. The number of piperidine rings is 1. The van der Waals surface area contributed by atoms with Gasteiger partial charge in [0.1, 0.15) is 17.9 Å². The van der Waals surface area contributed by atoms with Crippen LogP contribution in [0.5, 0.6) is 5.75 Å². The van der Waals surface area contributed by atoms with Gasteiger partial charge in [0.05, 0.1) is 24.7 Å². The van der Waals surface area contributed by atoms with Crippen LogP contribution in [0.1, 0.15) is 41.3 Å². The molecule has 0 aliphatic carbocycles. The summed E-state index contributed by atoms with van der Waals surface area (Å²) in [4.78, 5) is 24.3. The summed E-state index contributed by atoms with van der Waals surface area (Å²) in [6.07, 6.45) is 5.09. The van der Waals surface area contributed by atoms with E-state index in [2.05, 4.69) is 26.0 Å². The lowest BCUT2D eigenvalue weighted by molar-refractivity contribution is 0.0900. The number of nitrogens with zero attached hydrogens (tertiary/aromatic N) is 5. The second-order valence-electron chi connectivity index (χ2n) is 8.81. The number of hydrogen-bond acceptors (Lipinski definition) is 6. The summed E-state index contributed by atoms with van der Waals surface area (Å²) in [6.45, 7) is 6.83. The fourth-order valence-electron chi connectivity index (χ4n) is 4.63. The Labute approximate surface area is 199 Å². The molecule has 0 atom stereocenters. The molecule has 7 heteroatoms. The van der Waals surface area contributed by atoms with E-state index in [4.69, 9.17) is 4.74 Å². The molecule has 1 fully saturated rings. The van der Waals surface area contributed by atoms with Crippen molar-refractivity contribution in [2.45, 2.75) is 33.2 Å². The maximum atomic E-state index is 12.9. The Kier molecular flexibility index (Phi) is 6.25. The molecule has 34 heavy (non-hydrogen) atoms. The number of aryl methyl sites for hydroxylation is 1. The van der Waals surface area contributed by atoms with Gasteiger partial charge in [0.2, 0.25) is 0 Å². The van der Waals surface area contributed by atoms with Crippen molar-refractivity contribution >= 4 is 22.6 Å². The lowest BCUT2D eigenvalue weighted by atomic mass is 9.88. The average molecular weight is 456 g/mol. The quantitative estimate of drug-likeness (QED) is 0.377. The topological polar surface area (TPSA) is 73.1 Å². The number of anilines is 1. The Morgan fingerprint density at radius 3 is 2.65 bits per heavy atom. The van der Waals surface area contributed by atoms with Crippen LogP contribution in [-0.2, 0) is 6.54 Å². The second kappa shape index (κ2) is 9.63. The fraction of sp³-hybridized carbons (Fsp3) is 0.333. The molecule has 0 amide bonds. The van der Waals surface area contributed by atoms with E-state index >= 15 is 0 Å². The number of rotatable bonds is 7. The molecule has 2 aromatic carbocycles. The van der Waals surface area contributed by atoms with Crippen molar-refractivity contribution in [1.82, 2.24) is 19.7 Å². The van der Waals surface area contributed by atoms with Crippen LogP contribution in [-0.4, -0.2) is 45.2 Å². The van der Waals surface area contributed by atoms with Gasteiger partial charge >= 0.3 is 0 Å². The highest BCUT2D eigenvalue weighted by Crippen LogP contribution is 2.29. The van der Waals surface area contributed by atoms with Crippen molar-refractivity contribution < 1.29 is 9.53 Å². The number of ether oxygens (including phenoxy) is 1. The predicted octanol–water partition coefficient (Wildman–Crippen LogP) is 4.68. The van der Waals surface area contributed by atoms with Gasteiger partial charge in [-0.05, 0) is 44.4 Å². The van der Waals surface area contributed by atoms with Crippen molar-refractivity contribution in [2.24, 2.45) is 5.92 Å². The number of benzene rings is 2. The van der Waals surface area contributed by atoms with Crippen LogP contribution in [0.4, 0.5) is 5.82 Å². The number of carbonyl (C=O) groups excluding carboxylic acids is 1. The van der Waals surface area contributed by atoms with Gasteiger partial charge in [-0.15, -0.1) is 0 Å². The highest BCUT2D eigenvalue weighted by atomic mass is 16.5. The van der Waals surface area contributed by atoms with Crippen molar-refractivity contribution in [3.63, 3.8) is 0 Å². The second-order valence-corrected chi connectivity index (χ2v) is 8.81. The number of Topliss-reactive ketones (excluding diaryl/α,β-unsaturated/α-hetero) is 1. The Morgan fingerprint density at radius 1 is 1.09 bits per heavy atom. The zero-order valence-electron chi connectivity index (χ0n) is 19.6. The largest absolute Gasteiger partial charge is 0.494 e. The van der Waals surface area contributed by atoms with Crippen molar-refractivity contribution in [3.05, 3.63) is 77.7 Å². The number of ketones is 1. The summed E-state index contributed by atoms with van der Waals surface area (Å²) < 4.78 is 7.53. The summed E-state index contributed by atoms with van der Waals surface area (Å²) >= 11 is 0. The molecule has 7 nitrogen and oxygen atoms in total. The molecule has 0 spiro atoms. The van der Waals surface area contributed by atoms with Gasteiger partial charge in [-0.3, -0.25) is 4.79 Å². The van der Waals surface area contributed by atoms with Gasteiger partial charge < -0.3 is 9.64 Å². The molecule has 5 rings (SSSR count). The molecule has 0 radical (unpaired) electrons. The first-order valence-electron chi connectivity index (χ1n) is 11.9. The molecule has 0 unspecified atom stereocenters. The molecule has 2 aromatic heterocycles. The number of fused-ring (bicyclic) bond motifs is 1. The maximum Gasteiger partial charge on any atom is 0.166 e. The minimum Gasteiger partial charge on any atom is -0.494 e. The summed E-state index contributed by atoms with van der Waals surface area (Å²) in [5, 5.41) is 5.54. The molecule has 1 saturated heterocycles. The molecule has 3 heterocycles. The minimum atomic E-state index is 0.0524. The molecule has 4 aromatic rings. The Balaban J connectivity index is 1.30. The first-order chi connectivity index (χ1) is 16.6. The van der Waals surface area contributed by atoms with Crippen molar-refractivity contribution in [1.29, 1.82) is 0 Å². The first kappa shape index (κ1) is 22.1. The molecule has 0 saturated carbocycles. The lowest BCUT2D eigenvalue weighted by Crippen LogP contribution is -2.37. The van der Waals surface area contributed by atoms with Gasteiger partial charge in [-0.25, -0.2) is 14.6 Å². The Bertz CT molecular complexity index is 1290. The van der Waals surface area contributed by atoms with Crippen LogP contribution >= 0.6 is 0 Å². The zero-order chi connectivity index (χ0) is 23.5. The highest BCUT2D eigenvalue weighted by Gasteiger charge is 2.27. The van der Waals surface area contributed by atoms with Crippen LogP contribution in [0.25, 0.3) is 11.0 Å². The molecule has 1 aliphatic heterocycles. The monoisotopic (exact) mass is 455 g/mol. The molecular weight excluding hydrogens is 426 g/mol. The Morgan fingerprint density at radius 2 is 1.88 bits per heavy atom. The molecule has 1 aliphatic rings. The molecule has 174 valence electrons. The summed E-state index contributed by atoms with van der Waals surface area (Å²) in [5.74, 6) is 2.04. The van der Waals surface area contributed by atoms with E-state index in [0.29, 0.717) is 13.2 Å². The lowest BCUT2D eigenvalue weighted by Gasteiger charge is -2.32. The summed E-state index contributed by atoms with van der Waals surface area (Å²) in [7, 11) is 0. The third-order valence-electron chi connectivity index (χ3n) is 6.46. The standard InChI is InChI=1S/C27H29N5O2/c1-3-34-23-6-4-5-20(15-23)17-32-27-24(16-30-32)26(28-18-29-27)31-13-11-22(12-14-31)25(33)21-9-7-19(2)8-10-21/h4-10,15-16,18,22H,3,11-14,17H2,1-2H3. The van der Waals surface area contributed by atoms with Gasteiger partial charge in [0.15, 0.2) is 11.4 Å². The molecule has 0 N–H and O–H groups in total. The summed E-state index contributed by atoms with van der Waals surface area (Å²) in [6, 6.07) is 15.9. The molecular formula is C27H29N5O2. The first-order valence-corrected chi connectivity index (χ1v) is 11.9. The smallest absolute Gasteiger partial charge is 0.166 e. The summed E-state index contributed by atoms with van der Waals surface area (Å²) in [5.41, 5.74) is 3.89. The van der Waals surface area contributed by atoms with E-state index in [-0.39, 0.29) is 11.7 Å². The van der Waals surface area contributed by atoms with Crippen LogP contribution in [0, 0.1) is 12.8 Å². The van der Waals surface area contributed by atoms with Gasteiger partial charge in [-0.2, -0.15) is 5.10 Å². The Hall–Kier alpha value is -3.74. The SMILES string of the molecule is CCOc1cccc(Cn2ncc3c(N4CCC(C(=O)c5ccc(C)cc5)CC4)ncnc32)c1. The van der Waals surface area contributed by atoms with Crippen LogP contribution in [0.15, 0.2) is 61.1 Å². The number of hydrogen-bond donors (Lipinski definition) is 0. The van der Waals surface area contributed by atoms with Crippen molar-refractivity contribution in [2.75, 3.05) is 24.6 Å². The average Bonchev–Trinajstić information content (AvgIpc) is 3.27. The number of aromatic nitrogens is 4. The van der Waals surface area contributed by atoms with Gasteiger partial charge in [0, 0.05) is 24.6 Å². The fourth-order valence-corrected chi connectivity index (χ4v) is 4.63. The van der Waals surface area contributed by atoms with E-state index in [0.717, 1.165) is 59.7 Å². The zero-order valence-corrected chi connectivity index (χ0v) is 19.6. The predicted molar refractivity (Wildman–Crippen MR) is 132 cm³/mol. The van der Waals surface area contributed by atoms with Crippen LogP contribution in [0.2, 0.25) is 0 Å². The third-order valence-corrected chi connectivity index (χ3v) is 6.46. The maximum absolute atomic E-state index is 12.9. The van der Waals surface area contributed by atoms with Gasteiger partial charge in [0.25, 0.3) is 0 Å². The molecule has 0 bridgehead atoms. The highest BCUT2D eigenvalue weighted by molar-refractivity contribution is 5.98. The minimum absolute atomic E-state index is 0.0524. The van der Waals surface area contributed by atoms with E-state index < -0.39 is 0 Å². The van der Waals surface area contributed by atoms with E-state index in [9.17, 15) is 4.79 Å².